The third-order valence-electron chi connectivity index (χ3n) is 1.23. The topological polar surface area (TPSA) is 46.5 Å². The fourth-order valence-electron chi connectivity index (χ4n) is 0.646. The monoisotopic (exact) mass is 129 g/mol. The van der Waals surface area contributed by atoms with Crippen molar-refractivity contribution >= 4 is 5.91 Å². The van der Waals surface area contributed by atoms with E-state index >= 15 is 0 Å². The predicted octanol–water partition coefficient (Wildman–Crippen LogP) is 1.72. The van der Waals surface area contributed by atoms with Crippen molar-refractivity contribution in [1.82, 2.24) is 0 Å². The minimum absolute atomic E-state index is 0.188. The van der Waals surface area contributed by atoms with Crippen LogP contribution in [0.3, 0.4) is 0 Å². The molecular formula is C6H11NO2. The van der Waals surface area contributed by atoms with Crippen LogP contribution in [-0.2, 0) is 4.79 Å². The minimum atomic E-state index is -0.531. The van der Waals surface area contributed by atoms with E-state index in [0.29, 0.717) is 0 Å². The van der Waals surface area contributed by atoms with Crippen molar-refractivity contribution < 1.29 is 4.79 Å². The molecule has 3 heteroatoms. The molecule has 0 aliphatic rings. The molecule has 0 saturated carbocycles. The van der Waals surface area contributed by atoms with Crippen molar-refractivity contribution in [3.63, 3.8) is 0 Å². The van der Waals surface area contributed by atoms with E-state index < -0.39 is 5.91 Å². The van der Waals surface area contributed by atoms with Gasteiger partial charge in [-0.05, 0) is 6.42 Å². The van der Waals surface area contributed by atoms with E-state index in [2.05, 4.69) is 5.18 Å². The van der Waals surface area contributed by atoms with E-state index in [4.69, 9.17) is 0 Å². The Hall–Kier alpha value is -0.730. The first-order valence-corrected chi connectivity index (χ1v) is 3.09. The number of carbonyl (C=O) groups excluding carboxylic acids is 1. The Balaban J connectivity index is 3.58. The molecule has 9 heavy (non-hydrogen) atoms. The smallest absolute Gasteiger partial charge is 0.269 e. The summed E-state index contributed by atoms with van der Waals surface area (Å²) in [6.45, 7) is 3.68. The Bertz CT molecular complexity index is 112. The van der Waals surface area contributed by atoms with Crippen LogP contribution in [-0.4, -0.2) is 5.91 Å². The average molecular weight is 129 g/mol. The first-order chi connectivity index (χ1) is 4.22. The van der Waals surface area contributed by atoms with Gasteiger partial charge in [-0.3, -0.25) is 4.79 Å². The molecule has 52 valence electrons. The van der Waals surface area contributed by atoms with Crippen LogP contribution in [0.15, 0.2) is 5.18 Å². The van der Waals surface area contributed by atoms with E-state index in [1.807, 2.05) is 6.92 Å². The number of hydrogen-bond donors (Lipinski definition) is 0. The summed E-state index contributed by atoms with van der Waals surface area (Å²) in [6.07, 6.45) is 1.67. The van der Waals surface area contributed by atoms with Crippen molar-refractivity contribution in [3.05, 3.63) is 4.91 Å². The molecule has 0 aromatic rings. The molecule has 1 unspecified atom stereocenters. The molecule has 0 radical (unpaired) electrons. The quantitative estimate of drug-likeness (QED) is 0.544. The van der Waals surface area contributed by atoms with Gasteiger partial charge in [-0.25, -0.2) is 0 Å². The van der Waals surface area contributed by atoms with Crippen LogP contribution in [0.25, 0.3) is 0 Å². The minimum Gasteiger partial charge on any atom is -0.269 e. The molecule has 0 rings (SSSR count). The maximum absolute atomic E-state index is 10.4. The largest absolute Gasteiger partial charge is 0.289 e. The molecule has 0 saturated heterocycles. The second-order valence-electron chi connectivity index (χ2n) is 2.12. The zero-order valence-corrected chi connectivity index (χ0v) is 5.76. The Kier molecular flexibility index (Phi) is 3.84. The molecule has 1 atom stereocenters. The van der Waals surface area contributed by atoms with Gasteiger partial charge in [0.2, 0.25) is 0 Å². The van der Waals surface area contributed by atoms with Gasteiger partial charge >= 0.3 is 0 Å². The number of nitroso groups, excluding NO2 is 1. The fourth-order valence-corrected chi connectivity index (χ4v) is 0.646. The zero-order chi connectivity index (χ0) is 7.28. The lowest BCUT2D eigenvalue weighted by Crippen LogP contribution is -2.05. The molecule has 0 N–H and O–H groups in total. The van der Waals surface area contributed by atoms with Gasteiger partial charge in [0.25, 0.3) is 5.91 Å². The Morgan fingerprint density at radius 2 is 2.22 bits per heavy atom. The third-order valence-corrected chi connectivity index (χ3v) is 1.23. The molecule has 0 aliphatic carbocycles. The van der Waals surface area contributed by atoms with Crippen molar-refractivity contribution in [2.24, 2.45) is 11.1 Å². The molecule has 0 heterocycles. The fraction of sp³-hybridized carbons (Fsp3) is 0.833. The summed E-state index contributed by atoms with van der Waals surface area (Å²) < 4.78 is 0. The SMILES string of the molecule is CCCC(C)C(=O)N=O. The molecule has 0 aromatic carbocycles. The average Bonchev–Trinajstić information content (AvgIpc) is 1.87. The van der Waals surface area contributed by atoms with Crippen molar-refractivity contribution in [1.29, 1.82) is 0 Å². The highest BCUT2D eigenvalue weighted by Crippen LogP contribution is 2.05. The second-order valence-corrected chi connectivity index (χ2v) is 2.12. The Morgan fingerprint density at radius 1 is 1.67 bits per heavy atom. The molecule has 0 aliphatic heterocycles. The van der Waals surface area contributed by atoms with Crippen LogP contribution < -0.4 is 0 Å². The van der Waals surface area contributed by atoms with E-state index in [1.165, 1.54) is 0 Å². The lowest BCUT2D eigenvalue weighted by atomic mass is 10.1. The Morgan fingerprint density at radius 3 is 2.56 bits per heavy atom. The lowest BCUT2D eigenvalue weighted by Gasteiger charge is -1.99. The van der Waals surface area contributed by atoms with Crippen molar-refractivity contribution in [3.8, 4) is 0 Å². The summed E-state index contributed by atoms with van der Waals surface area (Å²) in [5, 5.41) is 2.32. The van der Waals surface area contributed by atoms with Gasteiger partial charge in [-0.2, -0.15) is 0 Å². The van der Waals surface area contributed by atoms with E-state index in [-0.39, 0.29) is 5.92 Å². The van der Waals surface area contributed by atoms with Crippen LogP contribution >= 0.6 is 0 Å². The highest BCUT2D eigenvalue weighted by atomic mass is 16.3. The third kappa shape index (κ3) is 2.95. The summed E-state index contributed by atoms with van der Waals surface area (Å²) >= 11 is 0. The van der Waals surface area contributed by atoms with E-state index in [0.717, 1.165) is 12.8 Å². The highest BCUT2D eigenvalue weighted by Gasteiger charge is 2.10. The van der Waals surface area contributed by atoms with Gasteiger partial charge in [0, 0.05) is 11.1 Å². The number of nitrogens with zero attached hydrogens (tertiary/aromatic N) is 1. The van der Waals surface area contributed by atoms with Crippen LogP contribution in [0, 0.1) is 10.8 Å². The summed E-state index contributed by atoms with van der Waals surface area (Å²) in [5.41, 5.74) is 0. The lowest BCUT2D eigenvalue weighted by molar-refractivity contribution is -0.121. The summed E-state index contributed by atoms with van der Waals surface area (Å²) in [4.78, 5) is 20.0. The van der Waals surface area contributed by atoms with Crippen LogP contribution in [0.2, 0.25) is 0 Å². The van der Waals surface area contributed by atoms with Gasteiger partial charge in [0.1, 0.15) is 0 Å². The normalized spacial score (nSPS) is 12.7. The number of hydrogen-bond acceptors (Lipinski definition) is 2. The highest BCUT2D eigenvalue weighted by molar-refractivity contribution is 5.78. The standard InChI is InChI=1S/C6H11NO2/c1-3-4-5(2)6(8)7-9/h5H,3-4H2,1-2H3. The summed E-state index contributed by atoms with van der Waals surface area (Å²) in [6, 6.07) is 0. The van der Waals surface area contributed by atoms with Crippen molar-refractivity contribution in [2.75, 3.05) is 0 Å². The maximum Gasteiger partial charge on any atom is 0.289 e. The molecule has 0 fully saturated rings. The molecular weight excluding hydrogens is 118 g/mol. The summed E-state index contributed by atoms with van der Waals surface area (Å²) in [7, 11) is 0. The molecule has 0 bridgehead atoms. The first kappa shape index (κ1) is 8.27. The van der Waals surface area contributed by atoms with Gasteiger partial charge in [-0.1, -0.05) is 20.3 Å². The van der Waals surface area contributed by atoms with Gasteiger partial charge < -0.3 is 0 Å². The van der Waals surface area contributed by atoms with Crippen LogP contribution in [0.4, 0.5) is 0 Å². The Labute approximate surface area is 54.4 Å². The predicted molar refractivity (Wildman–Crippen MR) is 34.9 cm³/mol. The first-order valence-electron chi connectivity index (χ1n) is 3.09. The van der Waals surface area contributed by atoms with Gasteiger partial charge in [0.05, 0.1) is 0 Å². The van der Waals surface area contributed by atoms with E-state index in [1.54, 1.807) is 6.92 Å². The van der Waals surface area contributed by atoms with Gasteiger partial charge in [0.15, 0.2) is 0 Å². The van der Waals surface area contributed by atoms with Crippen LogP contribution in [0.1, 0.15) is 26.7 Å². The maximum atomic E-state index is 10.4. The van der Waals surface area contributed by atoms with Crippen LogP contribution in [0.5, 0.6) is 0 Å². The summed E-state index contributed by atoms with van der Waals surface area (Å²) in [5.74, 6) is -0.718. The van der Waals surface area contributed by atoms with E-state index in [9.17, 15) is 9.70 Å². The van der Waals surface area contributed by atoms with Crippen molar-refractivity contribution in [2.45, 2.75) is 26.7 Å². The second kappa shape index (κ2) is 4.18. The molecule has 0 spiro atoms. The van der Waals surface area contributed by atoms with Gasteiger partial charge in [-0.15, -0.1) is 4.91 Å². The number of rotatable bonds is 3. The number of carbonyl (C=O) groups is 1. The number of amides is 1. The molecule has 0 aromatic heterocycles. The molecule has 3 nitrogen and oxygen atoms in total. The molecule has 1 amide bonds. The zero-order valence-electron chi connectivity index (χ0n) is 5.76.